The van der Waals surface area contributed by atoms with E-state index in [0.29, 0.717) is 6.42 Å². The lowest BCUT2D eigenvalue weighted by molar-refractivity contribution is -0.120. The first-order chi connectivity index (χ1) is 5.33. The van der Waals surface area contributed by atoms with E-state index >= 15 is 0 Å². The lowest BCUT2D eigenvalue weighted by Gasteiger charge is -2.08. The number of hydrogen-bond donors (Lipinski definition) is 1. The molecule has 0 heterocycles. The molecule has 1 saturated carbocycles. The van der Waals surface area contributed by atoms with Gasteiger partial charge in [-0.05, 0) is 18.8 Å². The van der Waals surface area contributed by atoms with E-state index < -0.39 is 0 Å². The van der Waals surface area contributed by atoms with Crippen molar-refractivity contribution in [3.05, 3.63) is 0 Å². The molecular weight excluding hydrogens is 138 g/mol. The average Bonchev–Trinajstić information content (AvgIpc) is 2.52. The normalized spacial score (nSPS) is 18.6. The summed E-state index contributed by atoms with van der Waals surface area (Å²) in [5, 5.41) is 2.94. The van der Waals surface area contributed by atoms with Gasteiger partial charge in [-0.3, -0.25) is 4.79 Å². The zero-order valence-electron chi connectivity index (χ0n) is 7.23. The number of nitrogens with one attached hydrogen (secondary N) is 1. The predicted octanol–water partition coefficient (Wildman–Crippen LogP) is 1.70. The first-order valence-electron chi connectivity index (χ1n) is 4.59. The van der Waals surface area contributed by atoms with Crippen LogP contribution in [-0.2, 0) is 4.79 Å². The molecule has 2 nitrogen and oxygen atoms in total. The van der Waals surface area contributed by atoms with E-state index in [1.165, 1.54) is 25.7 Å². The van der Waals surface area contributed by atoms with Gasteiger partial charge in [0.1, 0.15) is 0 Å². The molecule has 11 heavy (non-hydrogen) atoms. The van der Waals surface area contributed by atoms with Gasteiger partial charge in [-0.15, -0.1) is 0 Å². The van der Waals surface area contributed by atoms with Gasteiger partial charge in [0, 0.05) is 13.0 Å². The van der Waals surface area contributed by atoms with Crippen LogP contribution in [-0.4, -0.2) is 12.5 Å². The van der Waals surface area contributed by atoms with Crippen LogP contribution in [0.3, 0.4) is 0 Å². The highest BCUT2D eigenvalue weighted by molar-refractivity contribution is 5.75. The molecule has 0 atom stereocenters. The Bertz CT molecular complexity index is 128. The fourth-order valence-electron chi connectivity index (χ4n) is 1.60. The molecule has 1 aliphatic carbocycles. The van der Waals surface area contributed by atoms with E-state index in [1.54, 1.807) is 0 Å². The smallest absolute Gasteiger partial charge is 0.219 e. The third kappa shape index (κ3) is 2.91. The third-order valence-corrected chi connectivity index (χ3v) is 2.38. The Kier molecular flexibility index (Phi) is 3.40. The molecule has 0 aliphatic heterocycles. The van der Waals surface area contributed by atoms with E-state index in [2.05, 4.69) is 5.32 Å². The van der Waals surface area contributed by atoms with Crippen molar-refractivity contribution in [1.82, 2.24) is 5.32 Å². The average molecular weight is 155 g/mol. The Morgan fingerprint density at radius 1 is 1.45 bits per heavy atom. The zero-order chi connectivity index (χ0) is 8.10. The van der Waals surface area contributed by atoms with E-state index in [9.17, 15) is 4.79 Å². The maximum atomic E-state index is 10.9. The van der Waals surface area contributed by atoms with Gasteiger partial charge in [0.05, 0.1) is 0 Å². The lowest BCUT2D eigenvalue weighted by atomic mass is 10.1. The van der Waals surface area contributed by atoms with Gasteiger partial charge in [0.15, 0.2) is 0 Å². The summed E-state index contributed by atoms with van der Waals surface area (Å²) in [7, 11) is 0. The quantitative estimate of drug-likeness (QED) is 0.660. The Labute approximate surface area is 68.4 Å². The first-order valence-corrected chi connectivity index (χ1v) is 4.59. The van der Waals surface area contributed by atoms with E-state index in [1.807, 2.05) is 6.92 Å². The minimum atomic E-state index is 0.192. The van der Waals surface area contributed by atoms with Crippen LogP contribution < -0.4 is 5.32 Å². The van der Waals surface area contributed by atoms with Gasteiger partial charge in [0.2, 0.25) is 5.91 Å². The minimum absolute atomic E-state index is 0.192. The summed E-state index contributed by atoms with van der Waals surface area (Å²) in [5.74, 6) is 0.961. The summed E-state index contributed by atoms with van der Waals surface area (Å²) in [6, 6.07) is 0. The molecule has 0 aromatic carbocycles. The van der Waals surface area contributed by atoms with Crippen LogP contribution >= 0.6 is 0 Å². The minimum Gasteiger partial charge on any atom is -0.356 e. The van der Waals surface area contributed by atoms with Gasteiger partial charge in [-0.25, -0.2) is 0 Å². The Balaban J connectivity index is 2.06. The van der Waals surface area contributed by atoms with Crippen molar-refractivity contribution >= 4 is 5.91 Å². The van der Waals surface area contributed by atoms with Crippen molar-refractivity contribution < 1.29 is 4.79 Å². The summed E-state index contributed by atoms with van der Waals surface area (Å²) in [6.45, 7) is 2.80. The van der Waals surface area contributed by atoms with Crippen LogP contribution in [0.4, 0.5) is 0 Å². The van der Waals surface area contributed by atoms with Crippen molar-refractivity contribution in [3.63, 3.8) is 0 Å². The largest absolute Gasteiger partial charge is 0.356 e. The number of carbonyl (C=O) groups is 1. The van der Waals surface area contributed by atoms with Crippen LogP contribution in [0.15, 0.2) is 0 Å². The SMILES string of the molecule is CCC(=O)NCC1CCCC1. The molecule has 1 amide bonds. The highest BCUT2D eigenvalue weighted by atomic mass is 16.1. The number of rotatable bonds is 3. The van der Waals surface area contributed by atoms with E-state index in [-0.39, 0.29) is 5.91 Å². The molecule has 1 rings (SSSR count). The van der Waals surface area contributed by atoms with Crippen molar-refractivity contribution in [2.45, 2.75) is 39.0 Å². The molecule has 2 heteroatoms. The standard InChI is InChI=1S/C9H17NO/c1-2-9(11)10-7-8-5-3-4-6-8/h8H,2-7H2,1H3,(H,10,11). The summed E-state index contributed by atoms with van der Waals surface area (Å²) in [5.41, 5.74) is 0. The van der Waals surface area contributed by atoms with Crippen molar-refractivity contribution in [3.8, 4) is 0 Å². The topological polar surface area (TPSA) is 29.1 Å². The lowest BCUT2D eigenvalue weighted by Crippen LogP contribution is -2.27. The summed E-state index contributed by atoms with van der Waals surface area (Å²) in [6.07, 6.45) is 5.94. The van der Waals surface area contributed by atoms with Crippen LogP contribution in [0.25, 0.3) is 0 Å². The Morgan fingerprint density at radius 3 is 2.64 bits per heavy atom. The summed E-state index contributed by atoms with van der Waals surface area (Å²) in [4.78, 5) is 10.9. The first kappa shape index (κ1) is 8.57. The Morgan fingerprint density at radius 2 is 2.09 bits per heavy atom. The fourth-order valence-corrected chi connectivity index (χ4v) is 1.60. The molecule has 0 bridgehead atoms. The van der Waals surface area contributed by atoms with Crippen LogP contribution in [0.1, 0.15) is 39.0 Å². The molecule has 64 valence electrons. The van der Waals surface area contributed by atoms with E-state index in [4.69, 9.17) is 0 Å². The summed E-state index contributed by atoms with van der Waals surface area (Å²) >= 11 is 0. The fraction of sp³-hybridized carbons (Fsp3) is 0.889. The molecule has 0 radical (unpaired) electrons. The van der Waals surface area contributed by atoms with Crippen LogP contribution in [0, 0.1) is 5.92 Å². The molecule has 0 aromatic rings. The second kappa shape index (κ2) is 4.37. The number of hydrogen-bond acceptors (Lipinski definition) is 1. The van der Waals surface area contributed by atoms with Crippen molar-refractivity contribution in [1.29, 1.82) is 0 Å². The Hall–Kier alpha value is -0.530. The predicted molar refractivity (Wildman–Crippen MR) is 45.3 cm³/mol. The molecule has 0 aromatic heterocycles. The molecule has 1 fully saturated rings. The molecule has 1 N–H and O–H groups in total. The molecule has 0 saturated heterocycles. The molecular formula is C9H17NO. The molecule has 0 unspecified atom stereocenters. The maximum Gasteiger partial charge on any atom is 0.219 e. The molecule has 0 spiro atoms. The maximum absolute atomic E-state index is 10.9. The van der Waals surface area contributed by atoms with Crippen molar-refractivity contribution in [2.75, 3.05) is 6.54 Å². The van der Waals surface area contributed by atoms with Gasteiger partial charge < -0.3 is 5.32 Å². The highest BCUT2D eigenvalue weighted by Crippen LogP contribution is 2.23. The van der Waals surface area contributed by atoms with Gasteiger partial charge in [-0.1, -0.05) is 19.8 Å². The second-order valence-electron chi connectivity index (χ2n) is 3.31. The highest BCUT2D eigenvalue weighted by Gasteiger charge is 2.14. The second-order valence-corrected chi connectivity index (χ2v) is 3.31. The summed E-state index contributed by atoms with van der Waals surface area (Å²) < 4.78 is 0. The van der Waals surface area contributed by atoms with Gasteiger partial charge in [-0.2, -0.15) is 0 Å². The van der Waals surface area contributed by atoms with E-state index in [0.717, 1.165) is 12.5 Å². The zero-order valence-corrected chi connectivity index (χ0v) is 7.23. The van der Waals surface area contributed by atoms with Crippen molar-refractivity contribution in [2.24, 2.45) is 5.92 Å². The van der Waals surface area contributed by atoms with Gasteiger partial charge >= 0.3 is 0 Å². The van der Waals surface area contributed by atoms with Gasteiger partial charge in [0.25, 0.3) is 0 Å². The monoisotopic (exact) mass is 155 g/mol. The van der Waals surface area contributed by atoms with Crippen LogP contribution in [0.2, 0.25) is 0 Å². The van der Waals surface area contributed by atoms with Crippen LogP contribution in [0.5, 0.6) is 0 Å². The number of amides is 1. The third-order valence-electron chi connectivity index (χ3n) is 2.38. The number of carbonyl (C=O) groups excluding carboxylic acids is 1. The molecule has 1 aliphatic rings.